The average molecular weight is 271 g/mol. The fraction of sp³-hybridized carbons (Fsp3) is 0.0909. The van der Waals surface area contributed by atoms with E-state index in [1.54, 1.807) is 31.2 Å². The number of carbonyl (C=O) groups is 1. The number of nitrogens with one attached hydrogen (secondary N) is 1. The number of halogens is 2. The largest absolute Gasteiger partial charge is 0.351 e. The van der Waals surface area contributed by atoms with Gasteiger partial charge in [-0.3, -0.25) is 4.79 Å². The Hall–Kier alpha value is -1.52. The minimum absolute atomic E-state index is 0.138. The highest BCUT2D eigenvalue weighted by atomic mass is 35.5. The van der Waals surface area contributed by atoms with Gasteiger partial charge in [0, 0.05) is 21.8 Å². The monoisotopic (exact) mass is 270 g/mol. The van der Waals surface area contributed by atoms with Gasteiger partial charge in [-0.1, -0.05) is 28.4 Å². The highest BCUT2D eigenvalue weighted by molar-refractivity contribution is 6.35. The van der Waals surface area contributed by atoms with E-state index in [0.717, 1.165) is 0 Å². The molecule has 88 valence electrons. The van der Waals surface area contributed by atoms with Crippen LogP contribution in [0, 0.1) is 6.92 Å². The summed E-state index contributed by atoms with van der Waals surface area (Å²) >= 11 is 11.6. The molecule has 1 aromatic heterocycles. The Morgan fingerprint density at radius 1 is 1.24 bits per heavy atom. The molecule has 0 aliphatic carbocycles. The summed E-state index contributed by atoms with van der Waals surface area (Å²) < 4.78 is 4.83. The third-order valence-electron chi connectivity index (χ3n) is 1.97. The lowest BCUT2D eigenvalue weighted by atomic mass is 10.3. The van der Waals surface area contributed by atoms with Crippen LogP contribution in [0.25, 0.3) is 0 Å². The van der Waals surface area contributed by atoms with E-state index in [1.807, 2.05) is 0 Å². The fourth-order valence-electron chi connectivity index (χ4n) is 1.29. The molecule has 1 N–H and O–H groups in total. The number of hydrogen-bond acceptors (Lipinski definition) is 3. The standard InChI is InChI=1S/C11H8Cl2N2O2/c1-6-2-10(17-15-6)11(16)14-9-4-7(12)3-8(13)5-9/h2-5H,1H3,(H,14,16). The van der Waals surface area contributed by atoms with Crippen molar-refractivity contribution in [2.75, 3.05) is 5.32 Å². The Morgan fingerprint density at radius 3 is 2.41 bits per heavy atom. The smallest absolute Gasteiger partial charge is 0.294 e. The first-order chi connectivity index (χ1) is 8.04. The lowest BCUT2D eigenvalue weighted by Crippen LogP contribution is -2.10. The minimum atomic E-state index is -0.399. The molecular formula is C11H8Cl2N2O2. The van der Waals surface area contributed by atoms with Crippen molar-refractivity contribution in [3.63, 3.8) is 0 Å². The average Bonchev–Trinajstić information content (AvgIpc) is 2.63. The van der Waals surface area contributed by atoms with Gasteiger partial charge < -0.3 is 9.84 Å². The van der Waals surface area contributed by atoms with E-state index >= 15 is 0 Å². The van der Waals surface area contributed by atoms with Gasteiger partial charge in [-0.2, -0.15) is 0 Å². The maximum absolute atomic E-state index is 11.7. The summed E-state index contributed by atoms with van der Waals surface area (Å²) in [4.78, 5) is 11.7. The SMILES string of the molecule is Cc1cc(C(=O)Nc2cc(Cl)cc(Cl)c2)on1. The van der Waals surface area contributed by atoms with Crippen molar-refractivity contribution in [3.8, 4) is 0 Å². The number of anilines is 1. The summed E-state index contributed by atoms with van der Waals surface area (Å²) in [7, 11) is 0. The Balaban J connectivity index is 2.18. The maximum atomic E-state index is 11.7. The molecule has 17 heavy (non-hydrogen) atoms. The first kappa shape index (κ1) is 12.0. The van der Waals surface area contributed by atoms with Crippen LogP contribution in [-0.2, 0) is 0 Å². The fourth-order valence-corrected chi connectivity index (χ4v) is 1.82. The molecule has 1 aromatic carbocycles. The number of hydrogen-bond donors (Lipinski definition) is 1. The molecule has 2 rings (SSSR count). The summed E-state index contributed by atoms with van der Waals surface area (Å²) in [5, 5.41) is 7.13. The second kappa shape index (κ2) is 4.77. The van der Waals surface area contributed by atoms with E-state index in [1.165, 1.54) is 0 Å². The van der Waals surface area contributed by atoms with Crippen LogP contribution in [0.1, 0.15) is 16.2 Å². The predicted molar refractivity (Wildman–Crippen MR) is 65.7 cm³/mol. The normalized spacial score (nSPS) is 10.3. The zero-order valence-corrected chi connectivity index (χ0v) is 10.3. The molecule has 0 aliphatic heterocycles. The molecule has 6 heteroatoms. The molecule has 1 amide bonds. The number of carbonyl (C=O) groups excluding carboxylic acids is 1. The molecule has 0 spiro atoms. The van der Waals surface area contributed by atoms with Crippen molar-refractivity contribution < 1.29 is 9.32 Å². The molecular weight excluding hydrogens is 263 g/mol. The van der Waals surface area contributed by atoms with Crippen molar-refractivity contribution >= 4 is 34.8 Å². The van der Waals surface area contributed by atoms with E-state index in [2.05, 4.69) is 10.5 Å². The van der Waals surface area contributed by atoms with Gasteiger partial charge in [0.2, 0.25) is 5.76 Å². The van der Waals surface area contributed by atoms with Crippen LogP contribution in [0.5, 0.6) is 0 Å². The van der Waals surface area contributed by atoms with Gasteiger partial charge in [0.15, 0.2) is 0 Å². The molecule has 0 atom stereocenters. The quantitative estimate of drug-likeness (QED) is 0.908. The van der Waals surface area contributed by atoms with Gasteiger partial charge in [0.1, 0.15) is 0 Å². The molecule has 1 heterocycles. The van der Waals surface area contributed by atoms with Crippen molar-refractivity contribution in [2.45, 2.75) is 6.92 Å². The van der Waals surface area contributed by atoms with Crippen LogP contribution in [0.15, 0.2) is 28.8 Å². The maximum Gasteiger partial charge on any atom is 0.294 e. The summed E-state index contributed by atoms with van der Waals surface area (Å²) in [5.74, 6) is -0.262. The van der Waals surface area contributed by atoms with Crippen LogP contribution in [0.4, 0.5) is 5.69 Å². The van der Waals surface area contributed by atoms with Gasteiger partial charge in [-0.15, -0.1) is 0 Å². The van der Waals surface area contributed by atoms with Gasteiger partial charge >= 0.3 is 0 Å². The molecule has 0 saturated heterocycles. The Labute approximate surface area is 108 Å². The Morgan fingerprint density at radius 2 is 1.88 bits per heavy atom. The number of rotatable bonds is 2. The first-order valence-electron chi connectivity index (χ1n) is 4.75. The van der Waals surface area contributed by atoms with Crippen LogP contribution in [0.2, 0.25) is 10.0 Å². The van der Waals surface area contributed by atoms with Crippen molar-refractivity contribution in [1.29, 1.82) is 0 Å². The first-order valence-corrected chi connectivity index (χ1v) is 5.51. The summed E-state index contributed by atoms with van der Waals surface area (Å²) in [5.41, 5.74) is 1.14. The van der Waals surface area contributed by atoms with Gasteiger partial charge in [-0.05, 0) is 25.1 Å². The summed E-state index contributed by atoms with van der Waals surface area (Å²) in [6.07, 6.45) is 0. The predicted octanol–water partition coefficient (Wildman–Crippen LogP) is 3.54. The zero-order chi connectivity index (χ0) is 12.4. The summed E-state index contributed by atoms with van der Waals surface area (Å²) in [6.45, 7) is 1.73. The zero-order valence-electron chi connectivity index (χ0n) is 8.83. The number of nitrogens with zero attached hydrogens (tertiary/aromatic N) is 1. The molecule has 2 aromatic rings. The van der Waals surface area contributed by atoms with Crippen LogP contribution >= 0.6 is 23.2 Å². The third-order valence-corrected chi connectivity index (χ3v) is 2.41. The second-order valence-electron chi connectivity index (χ2n) is 3.44. The molecule has 0 saturated carbocycles. The van der Waals surface area contributed by atoms with Crippen LogP contribution < -0.4 is 5.32 Å². The van der Waals surface area contributed by atoms with Crippen molar-refractivity contribution in [2.24, 2.45) is 0 Å². The van der Waals surface area contributed by atoms with E-state index < -0.39 is 5.91 Å². The number of aryl methyl sites for hydroxylation is 1. The van der Waals surface area contributed by atoms with Crippen molar-refractivity contribution in [3.05, 3.63) is 45.8 Å². The topological polar surface area (TPSA) is 55.1 Å². The molecule has 0 bridgehead atoms. The van der Waals surface area contributed by atoms with Gasteiger partial charge in [0.25, 0.3) is 5.91 Å². The summed E-state index contributed by atoms with van der Waals surface area (Å²) in [6, 6.07) is 6.31. The van der Waals surface area contributed by atoms with E-state index in [4.69, 9.17) is 27.7 Å². The Bertz CT molecular complexity index is 546. The molecule has 0 aliphatic rings. The third kappa shape index (κ3) is 2.99. The second-order valence-corrected chi connectivity index (χ2v) is 4.32. The highest BCUT2D eigenvalue weighted by Gasteiger charge is 2.12. The highest BCUT2D eigenvalue weighted by Crippen LogP contribution is 2.22. The van der Waals surface area contributed by atoms with Crippen LogP contribution in [0.3, 0.4) is 0 Å². The number of benzene rings is 1. The molecule has 0 fully saturated rings. The lowest BCUT2D eigenvalue weighted by molar-refractivity contribution is 0.0988. The molecule has 0 radical (unpaired) electrons. The molecule has 0 unspecified atom stereocenters. The van der Waals surface area contributed by atoms with Crippen LogP contribution in [-0.4, -0.2) is 11.1 Å². The lowest BCUT2D eigenvalue weighted by Gasteiger charge is -2.03. The minimum Gasteiger partial charge on any atom is -0.351 e. The van der Waals surface area contributed by atoms with E-state index in [0.29, 0.717) is 21.4 Å². The van der Waals surface area contributed by atoms with Crippen molar-refractivity contribution in [1.82, 2.24) is 5.16 Å². The van der Waals surface area contributed by atoms with Gasteiger partial charge in [0.05, 0.1) is 5.69 Å². The molecule has 4 nitrogen and oxygen atoms in total. The Kier molecular flexibility index (Phi) is 3.36. The van der Waals surface area contributed by atoms with Gasteiger partial charge in [-0.25, -0.2) is 0 Å². The number of amides is 1. The van der Waals surface area contributed by atoms with E-state index in [-0.39, 0.29) is 5.76 Å². The number of aromatic nitrogens is 1. The van der Waals surface area contributed by atoms with E-state index in [9.17, 15) is 4.79 Å².